The highest BCUT2D eigenvalue weighted by molar-refractivity contribution is 14.0. The molecule has 1 aromatic heterocycles. The highest BCUT2D eigenvalue weighted by atomic mass is 127. The van der Waals surface area contributed by atoms with Crippen molar-refractivity contribution < 1.29 is 14.3 Å². The van der Waals surface area contributed by atoms with Crippen LogP contribution in [0.5, 0.6) is 5.88 Å². The number of halogens is 1. The number of methoxy groups -OCH3 is 1. The molecule has 26 heavy (non-hydrogen) atoms. The van der Waals surface area contributed by atoms with Gasteiger partial charge in [-0.05, 0) is 32.3 Å². The van der Waals surface area contributed by atoms with Crippen molar-refractivity contribution in [1.29, 1.82) is 0 Å². The molecule has 7 nitrogen and oxygen atoms in total. The van der Waals surface area contributed by atoms with E-state index in [1.54, 1.807) is 13.3 Å². The lowest BCUT2D eigenvalue weighted by Crippen LogP contribution is -2.48. The van der Waals surface area contributed by atoms with Gasteiger partial charge < -0.3 is 19.7 Å². The summed E-state index contributed by atoms with van der Waals surface area (Å²) in [4.78, 5) is 23.1. The summed E-state index contributed by atoms with van der Waals surface area (Å²) in [5, 5.41) is 3.32. The van der Waals surface area contributed by atoms with Gasteiger partial charge >= 0.3 is 5.97 Å². The highest BCUT2D eigenvalue weighted by Crippen LogP contribution is 2.18. The van der Waals surface area contributed by atoms with Gasteiger partial charge in [-0.2, -0.15) is 0 Å². The Labute approximate surface area is 172 Å². The molecule has 0 aromatic carbocycles. The Bertz CT molecular complexity index is 580. The Morgan fingerprint density at radius 1 is 1.42 bits per heavy atom. The van der Waals surface area contributed by atoms with Gasteiger partial charge in [0.25, 0.3) is 0 Å². The highest BCUT2D eigenvalue weighted by Gasteiger charge is 2.28. The molecular formula is C18H29IN4O3. The van der Waals surface area contributed by atoms with Crippen molar-refractivity contribution in [2.75, 3.05) is 33.4 Å². The van der Waals surface area contributed by atoms with Crippen LogP contribution in [0.1, 0.15) is 32.3 Å². The second-order valence-corrected chi connectivity index (χ2v) is 5.92. The standard InChI is InChI=1S/C18H28N4O3.HI/c1-4-19-18(21-12-14-8-9-16(24-3)20-11-14)22-10-6-7-15(13-22)17(23)25-5-2;/h8-9,11,15H,4-7,10,12-13H2,1-3H3,(H,19,21);1H. The van der Waals surface area contributed by atoms with Crippen LogP contribution in [0.3, 0.4) is 0 Å². The van der Waals surface area contributed by atoms with Crippen LogP contribution >= 0.6 is 24.0 Å². The Morgan fingerprint density at radius 3 is 2.85 bits per heavy atom. The number of guanidine groups is 1. The van der Waals surface area contributed by atoms with Crippen molar-refractivity contribution in [3.05, 3.63) is 23.9 Å². The number of esters is 1. The van der Waals surface area contributed by atoms with Gasteiger partial charge in [0, 0.05) is 31.9 Å². The van der Waals surface area contributed by atoms with Crippen LogP contribution in [-0.4, -0.2) is 55.2 Å². The van der Waals surface area contributed by atoms with Crippen LogP contribution < -0.4 is 10.1 Å². The van der Waals surface area contributed by atoms with Crippen molar-refractivity contribution in [3.63, 3.8) is 0 Å². The van der Waals surface area contributed by atoms with Crippen molar-refractivity contribution in [2.45, 2.75) is 33.2 Å². The second-order valence-electron chi connectivity index (χ2n) is 5.92. The Kier molecular flexibility index (Phi) is 10.3. The molecule has 2 heterocycles. The number of aromatic nitrogens is 1. The van der Waals surface area contributed by atoms with E-state index in [4.69, 9.17) is 14.5 Å². The van der Waals surface area contributed by atoms with E-state index in [0.717, 1.165) is 37.5 Å². The van der Waals surface area contributed by atoms with Crippen molar-refractivity contribution in [1.82, 2.24) is 15.2 Å². The summed E-state index contributed by atoms with van der Waals surface area (Å²) in [5.74, 6) is 1.22. The average molecular weight is 476 g/mol. The predicted molar refractivity (Wildman–Crippen MR) is 112 cm³/mol. The van der Waals surface area contributed by atoms with E-state index in [0.29, 0.717) is 25.6 Å². The molecule has 1 aromatic rings. The molecule has 1 aliphatic heterocycles. The molecule has 1 atom stereocenters. The number of rotatable bonds is 6. The lowest BCUT2D eigenvalue weighted by molar-refractivity contribution is -0.149. The van der Waals surface area contributed by atoms with Gasteiger partial charge in [0.05, 0.1) is 26.2 Å². The van der Waals surface area contributed by atoms with E-state index < -0.39 is 0 Å². The summed E-state index contributed by atoms with van der Waals surface area (Å²) in [7, 11) is 1.60. The summed E-state index contributed by atoms with van der Waals surface area (Å²) >= 11 is 0. The molecular weight excluding hydrogens is 447 g/mol. The quantitative estimate of drug-likeness (QED) is 0.294. The molecule has 0 radical (unpaired) electrons. The summed E-state index contributed by atoms with van der Waals surface area (Å²) in [6.07, 6.45) is 3.60. The zero-order chi connectivity index (χ0) is 18.1. The van der Waals surface area contributed by atoms with Crippen molar-refractivity contribution in [2.24, 2.45) is 10.9 Å². The third kappa shape index (κ3) is 6.62. The topological polar surface area (TPSA) is 76.1 Å². The first-order chi connectivity index (χ1) is 12.2. The Hall–Kier alpha value is -1.58. The maximum absolute atomic E-state index is 12.0. The summed E-state index contributed by atoms with van der Waals surface area (Å²) < 4.78 is 10.2. The van der Waals surface area contributed by atoms with Gasteiger partial charge in [-0.3, -0.25) is 4.79 Å². The fraction of sp³-hybridized carbons (Fsp3) is 0.611. The third-order valence-electron chi connectivity index (χ3n) is 4.09. The first kappa shape index (κ1) is 22.5. The molecule has 0 saturated carbocycles. The molecule has 0 spiro atoms. The number of ether oxygens (including phenoxy) is 2. The number of carbonyl (C=O) groups is 1. The van der Waals surface area contributed by atoms with E-state index >= 15 is 0 Å². The van der Waals surface area contributed by atoms with E-state index in [1.807, 2.05) is 26.0 Å². The number of nitrogens with zero attached hydrogens (tertiary/aromatic N) is 3. The molecule has 1 aliphatic rings. The molecule has 8 heteroatoms. The molecule has 1 unspecified atom stereocenters. The van der Waals surface area contributed by atoms with Gasteiger partial charge in [-0.25, -0.2) is 9.98 Å². The number of piperidine rings is 1. The predicted octanol–water partition coefficient (Wildman–Crippen LogP) is 2.45. The smallest absolute Gasteiger partial charge is 0.310 e. The lowest BCUT2D eigenvalue weighted by atomic mass is 9.98. The number of carbonyl (C=O) groups excluding carboxylic acids is 1. The first-order valence-electron chi connectivity index (χ1n) is 8.86. The van der Waals surface area contributed by atoms with E-state index in [1.165, 1.54) is 0 Å². The normalized spacial score (nSPS) is 17.3. The van der Waals surface area contributed by atoms with Crippen LogP contribution in [0.4, 0.5) is 0 Å². The van der Waals surface area contributed by atoms with E-state index in [9.17, 15) is 4.79 Å². The molecule has 0 aliphatic carbocycles. The zero-order valence-corrected chi connectivity index (χ0v) is 18.1. The summed E-state index contributed by atoms with van der Waals surface area (Å²) in [6.45, 7) is 7.15. The van der Waals surface area contributed by atoms with E-state index in [2.05, 4.69) is 15.2 Å². The average Bonchev–Trinajstić information content (AvgIpc) is 2.66. The third-order valence-corrected chi connectivity index (χ3v) is 4.09. The van der Waals surface area contributed by atoms with Gasteiger partial charge in [0.2, 0.25) is 5.88 Å². The van der Waals surface area contributed by atoms with Crippen molar-refractivity contribution in [3.8, 4) is 5.88 Å². The zero-order valence-electron chi connectivity index (χ0n) is 15.7. The number of nitrogens with one attached hydrogen (secondary N) is 1. The summed E-state index contributed by atoms with van der Waals surface area (Å²) in [6, 6.07) is 3.78. The second kappa shape index (κ2) is 11.9. The fourth-order valence-corrected chi connectivity index (χ4v) is 2.84. The first-order valence-corrected chi connectivity index (χ1v) is 8.86. The van der Waals surface area contributed by atoms with Gasteiger partial charge in [0.1, 0.15) is 0 Å². The number of hydrogen-bond acceptors (Lipinski definition) is 5. The van der Waals surface area contributed by atoms with Crippen molar-refractivity contribution >= 4 is 35.9 Å². The van der Waals surface area contributed by atoms with Gasteiger partial charge in [-0.15, -0.1) is 24.0 Å². The minimum Gasteiger partial charge on any atom is -0.481 e. The Morgan fingerprint density at radius 2 is 2.23 bits per heavy atom. The number of aliphatic imine (C=N–C) groups is 1. The van der Waals surface area contributed by atoms with Crippen LogP contribution in [0.2, 0.25) is 0 Å². The molecule has 1 N–H and O–H groups in total. The SMILES string of the molecule is CCNC(=NCc1ccc(OC)nc1)N1CCCC(C(=O)OCC)C1.I. The minimum atomic E-state index is -0.109. The number of pyridine rings is 1. The van der Waals surface area contributed by atoms with Gasteiger partial charge in [-0.1, -0.05) is 6.07 Å². The number of likely N-dealkylation sites (tertiary alicyclic amines) is 1. The van der Waals surface area contributed by atoms with E-state index in [-0.39, 0.29) is 35.9 Å². The lowest BCUT2D eigenvalue weighted by Gasteiger charge is -2.34. The number of hydrogen-bond donors (Lipinski definition) is 1. The fourth-order valence-electron chi connectivity index (χ4n) is 2.84. The van der Waals surface area contributed by atoms with Crippen LogP contribution in [-0.2, 0) is 16.1 Å². The maximum Gasteiger partial charge on any atom is 0.310 e. The summed E-state index contributed by atoms with van der Waals surface area (Å²) in [5.41, 5.74) is 1.01. The molecule has 2 rings (SSSR count). The minimum absolute atomic E-state index is 0. The molecule has 1 fully saturated rings. The van der Waals surface area contributed by atoms with Crippen LogP contribution in [0.15, 0.2) is 23.3 Å². The largest absolute Gasteiger partial charge is 0.481 e. The molecule has 146 valence electrons. The van der Waals surface area contributed by atoms with Gasteiger partial charge in [0.15, 0.2) is 5.96 Å². The Balaban J connectivity index is 0.00000338. The molecule has 0 amide bonds. The molecule has 0 bridgehead atoms. The maximum atomic E-state index is 12.0. The van der Waals surface area contributed by atoms with Crippen LogP contribution in [0, 0.1) is 5.92 Å². The monoisotopic (exact) mass is 476 g/mol. The van der Waals surface area contributed by atoms with Crippen LogP contribution in [0.25, 0.3) is 0 Å². The molecule has 1 saturated heterocycles.